The molecule has 186 valence electrons. The number of nitrogens with zero attached hydrogens (tertiary/aromatic N) is 5. The second-order valence-corrected chi connectivity index (χ2v) is 8.88. The number of ether oxygens (including phenoxy) is 1. The van der Waals surface area contributed by atoms with Crippen LogP contribution in [-0.2, 0) is 22.5 Å². The quantitative estimate of drug-likeness (QED) is 0.474. The van der Waals surface area contributed by atoms with E-state index in [1.54, 1.807) is 18.6 Å². The molecule has 0 radical (unpaired) electrons. The number of aromatic nitrogens is 3. The fourth-order valence-corrected chi connectivity index (χ4v) is 4.48. The molecule has 2 aromatic heterocycles. The van der Waals surface area contributed by atoms with E-state index >= 15 is 0 Å². The topological polar surface area (TPSA) is 127 Å². The number of rotatable bonds is 7. The van der Waals surface area contributed by atoms with Gasteiger partial charge in [-0.15, -0.1) is 0 Å². The van der Waals surface area contributed by atoms with Crippen molar-refractivity contribution in [1.82, 2.24) is 25.2 Å². The third-order valence-electron chi connectivity index (χ3n) is 6.46. The van der Waals surface area contributed by atoms with Gasteiger partial charge in [0.05, 0.1) is 31.6 Å². The maximum atomic E-state index is 13.3. The van der Waals surface area contributed by atoms with Crippen LogP contribution in [-0.4, -0.2) is 77.5 Å². The van der Waals surface area contributed by atoms with E-state index in [1.807, 2.05) is 35.2 Å². The standard InChI is InChI=1S/C26H29N7O3/c27-26-25(23(34)13-20-14-28-6-5-22(20)32-9-11-36-12-10-32)31-21(15-30-26)19-3-1-18(2-4-19)17-33-8-7-29-16-24(33)35/h1-6,14-15,29H,7-13,16-17H2,(H2,27,30). The molecular weight excluding hydrogens is 458 g/mol. The van der Waals surface area contributed by atoms with Gasteiger partial charge in [0.1, 0.15) is 5.69 Å². The maximum absolute atomic E-state index is 13.3. The van der Waals surface area contributed by atoms with Crippen LogP contribution in [0.3, 0.4) is 0 Å². The lowest BCUT2D eigenvalue weighted by molar-refractivity contribution is -0.132. The molecule has 0 bridgehead atoms. The number of piperazine rings is 1. The summed E-state index contributed by atoms with van der Waals surface area (Å²) in [5.41, 5.74) is 10.4. The fourth-order valence-electron chi connectivity index (χ4n) is 4.48. The number of Topliss-reactive ketones (excluding diaryl/α,β-unsaturated/α-hetero) is 1. The molecule has 1 amide bonds. The first-order valence-corrected chi connectivity index (χ1v) is 12.1. The Labute approximate surface area is 209 Å². The molecular formula is C26H29N7O3. The van der Waals surface area contributed by atoms with E-state index < -0.39 is 0 Å². The average Bonchev–Trinajstić information content (AvgIpc) is 2.91. The first-order valence-electron chi connectivity index (χ1n) is 12.1. The van der Waals surface area contributed by atoms with Crippen LogP contribution >= 0.6 is 0 Å². The summed E-state index contributed by atoms with van der Waals surface area (Å²) in [6.07, 6.45) is 5.15. The van der Waals surface area contributed by atoms with Crippen molar-refractivity contribution >= 4 is 23.2 Å². The zero-order valence-electron chi connectivity index (χ0n) is 20.0. The van der Waals surface area contributed by atoms with Crippen molar-refractivity contribution in [2.24, 2.45) is 0 Å². The number of anilines is 2. The van der Waals surface area contributed by atoms with Crippen LogP contribution in [0.4, 0.5) is 11.5 Å². The van der Waals surface area contributed by atoms with Gasteiger partial charge in [0.2, 0.25) is 5.91 Å². The van der Waals surface area contributed by atoms with E-state index in [9.17, 15) is 9.59 Å². The molecule has 0 aliphatic carbocycles. The fraction of sp³-hybridized carbons (Fsp3) is 0.346. The number of hydrogen-bond donors (Lipinski definition) is 2. The molecule has 1 aromatic carbocycles. The van der Waals surface area contributed by atoms with Crippen molar-refractivity contribution in [2.75, 3.05) is 56.6 Å². The molecule has 3 aromatic rings. The number of nitrogens with two attached hydrogens (primary N) is 1. The lowest BCUT2D eigenvalue weighted by atomic mass is 10.0. The van der Waals surface area contributed by atoms with Crippen LogP contribution in [0.5, 0.6) is 0 Å². The number of amides is 1. The molecule has 4 heterocycles. The molecule has 2 aliphatic rings. The molecule has 36 heavy (non-hydrogen) atoms. The monoisotopic (exact) mass is 487 g/mol. The van der Waals surface area contributed by atoms with Gasteiger partial charge < -0.3 is 25.6 Å². The zero-order chi connectivity index (χ0) is 24.9. The molecule has 2 saturated heterocycles. The number of hydrogen-bond acceptors (Lipinski definition) is 9. The minimum absolute atomic E-state index is 0.100. The number of carbonyl (C=O) groups excluding carboxylic acids is 2. The van der Waals surface area contributed by atoms with E-state index in [1.165, 1.54) is 0 Å². The number of nitrogen functional groups attached to an aromatic ring is 1. The minimum Gasteiger partial charge on any atom is -0.382 e. The molecule has 10 nitrogen and oxygen atoms in total. The minimum atomic E-state index is -0.210. The second kappa shape index (κ2) is 10.8. The summed E-state index contributed by atoms with van der Waals surface area (Å²) in [5, 5.41) is 3.08. The predicted octanol–water partition coefficient (Wildman–Crippen LogP) is 1.31. The molecule has 3 N–H and O–H groups in total. The van der Waals surface area contributed by atoms with E-state index in [-0.39, 0.29) is 29.6 Å². The maximum Gasteiger partial charge on any atom is 0.236 e. The van der Waals surface area contributed by atoms with Crippen LogP contribution < -0.4 is 16.0 Å². The van der Waals surface area contributed by atoms with E-state index in [2.05, 4.69) is 25.2 Å². The lowest BCUT2D eigenvalue weighted by Crippen LogP contribution is -2.47. The summed E-state index contributed by atoms with van der Waals surface area (Å²) in [7, 11) is 0. The number of carbonyl (C=O) groups is 2. The Morgan fingerprint density at radius 2 is 1.89 bits per heavy atom. The van der Waals surface area contributed by atoms with Gasteiger partial charge in [-0.25, -0.2) is 9.97 Å². The van der Waals surface area contributed by atoms with Crippen molar-refractivity contribution in [3.8, 4) is 11.3 Å². The van der Waals surface area contributed by atoms with Crippen LogP contribution in [0.1, 0.15) is 21.6 Å². The SMILES string of the molecule is Nc1ncc(-c2ccc(CN3CCNCC3=O)cc2)nc1C(=O)Cc1cnccc1N1CCOCC1. The Balaban J connectivity index is 1.32. The summed E-state index contributed by atoms with van der Waals surface area (Å²) < 4.78 is 5.45. The second-order valence-electron chi connectivity index (χ2n) is 8.88. The number of nitrogens with one attached hydrogen (secondary N) is 1. The van der Waals surface area contributed by atoms with Gasteiger partial charge in [-0.3, -0.25) is 14.6 Å². The third-order valence-corrected chi connectivity index (χ3v) is 6.46. The number of pyridine rings is 1. The van der Waals surface area contributed by atoms with Crippen molar-refractivity contribution in [1.29, 1.82) is 0 Å². The highest BCUT2D eigenvalue weighted by Crippen LogP contribution is 2.24. The molecule has 5 rings (SSSR count). The summed E-state index contributed by atoms with van der Waals surface area (Å²) in [6, 6.07) is 9.71. The summed E-state index contributed by atoms with van der Waals surface area (Å²) >= 11 is 0. The van der Waals surface area contributed by atoms with Gasteiger partial charge >= 0.3 is 0 Å². The normalized spacial score (nSPS) is 16.3. The summed E-state index contributed by atoms with van der Waals surface area (Å²) in [6.45, 7) is 5.27. The van der Waals surface area contributed by atoms with Gasteiger partial charge in [-0.1, -0.05) is 24.3 Å². The Morgan fingerprint density at radius 3 is 2.67 bits per heavy atom. The zero-order valence-corrected chi connectivity index (χ0v) is 20.0. The van der Waals surface area contributed by atoms with Crippen molar-refractivity contribution < 1.29 is 14.3 Å². The van der Waals surface area contributed by atoms with E-state index in [0.717, 1.165) is 42.0 Å². The Hall–Kier alpha value is -3.89. The predicted molar refractivity (Wildman–Crippen MR) is 135 cm³/mol. The number of morpholine rings is 1. The summed E-state index contributed by atoms with van der Waals surface area (Å²) in [5.74, 6) is -0.00382. The van der Waals surface area contributed by atoms with Crippen LogP contribution in [0.2, 0.25) is 0 Å². The lowest BCUT2D eigenvalue weighted by Gasteiger charge is -2.30. The molecule has 0 unspecified atom stereocenters. The first kappa shape index (κ1) is 23.8. The van der Waals surface area contributed by atoms with Gasteiger partial charge in [0, 0.05) is 68.4 Å². The Bertz CT molecular complexity index is 1240. The summed E-state index contributed by atoms with van der Waals surface area (Å²) in [4.78, 5) is 42.4. The highest BCUT2D eigenvalue weighted by molar-refractivity contribution is 6.00. The van der Waals surface area contributed by atoms with Gasteiger partial charge in [-0.05, 0) is 11.6 Å². The van der Waals surface area contributed by atoms with Crippen molar-refractivity contribution in [3.05, 3.63) is 65.7 Å². The smallest absolute Gasteiger partial charge is 0.236 e. The Kier molecular flexibility index (Phi) is 7.15. The molecule has 0 saturated carbocycles. The highest BCUT2D eigenvalue weighted by Gasteiger charge is 2.21. The largest absolute Gasteiger partial charge is 0.382 e. The van der Waals surface area contributed by atoms with Gasteiger partial charge in [0.25, 0.3) is 0 Å². The molecule has 2 fully saturated rings. The molecule has 0 spiro atoms. The highest BCUT2D eigenvalue weighted by atomic mass is 16.5. The van der Waals surface area contributed by atoms with Gasteiger partial charge in [-0.2, -0.15) is 0 Å². The van der Waals surface area contributed by atoms with Crippen molar-refractivity contribution in [3.63, 3.8) is 0 Å². The molecule has 2 aliphatic heterocycles. The molecule has 0 atom stereocenters. The van der Waals surface area contributed by atoms with E-state index in [4.69, 9.17) is 10.5 Å². The Morgan fingerprint density at radius 1 is 1.08 bits per heavy atom. The first-order chi connectivity index (χ1) is 17.6. The number of ketones is 1. The van der Waals surface area contributed by atoms with Crippen molar-refractivity contribution in [2.45, 2.75) is 13.0 Å². The molecule has 10 heteroatoms. The van der Waals surface area contributed by atoms with E-state index in [0.29, 0.717) is 38.5 Å². The van der Waals surface area contributed by atoms with Crippen LogP contribution in [0, 0.1) is 0 Å². The average molecular weight is 488 g/mol. The number of benzene rings is 1. The van der Waals surface area contributed by atoms with Gasteiger partial charge in [0.15, 0.2) is 11.6 Å². The van der Waals surface area contributed by atoms with Crippen LogP contribution in [0.15, 0.2) is 48.9 Å². The third kappa shape index (κ3) is 5.34. The van der Waals surface area contributed by atoms with Crippen LogP contribution in [0.25, 0.3) is 11.3 Å².